The summed E-state index contributed by atoms with van der Waals surface area (Å²) in [5.41, 5.74) is 2.30. The van der Waals surface area contributed by atoms with Gasteiger partial charge in [-0.1, -0.05) is 18.2 Å². The number of aromatic nitrogens is 1. The van der Waals surface area contributed by atoms with Crippen LogP contribution in [0.3, 0.4) is 0 Å². The summed E-state index contributed by atoms with van der Waals surface area (Å²) in [5, 5.41) is 0.896. The van der Waals surface area contributed by atoms with Gasteiger partial charge in [0.15, 0.2) is 0 Å². The van der Waals surface area contributed by atoms with Crippen molar-refractivity contribution in [2.24, 2.45) is 0 Å². The van der Waals surface area contributed by atoms with Crippen LogP contribution in [0.1, 0.15) is 22.3 Å². The third-order valence-electron chi connectivity index (χ3n) is 4.16. The zero-order chi connectivity index (χ0) is 17.8. The van der Waals surface area contributed by atoms with Gasteiger partial charge in [0.1, 0.15) is 5.75 Å². The first-order chi connectivity index (χ1) is 12.1. The second-order valence-corrected chi connectivity index (χ2v) is 5.65. The van der Waals surface area contributed by atoms with Gasteiger partial charge >= 0.3 is 5.97 Å². The Kier molecular flexibility index (Phi) is 4.84. The molecule has 5 nitrogen and oxygen atoms in total. The molecule has 0 N–H and O–H groups in total. The fraction of sp³-hybridized carbons (Fsp3) is 0.200. The van der Waals surface area contributed by atoms with Crippen LogP contribution in [0.25, 0.3) is 10.9 Å². The highest BCUT2D eigenvalue weighted by molar-refractivity contribution is 6.03. The van der Waals surface area contributed by atoms with E-state index in [-0.39, 0.29) is 18.3 Å². The number of carbonyl (C=O) groups excluding carboxylic acids is 2. The van der Waals surface area contributed by atoms with E-state index in [0.717, 1.165) is 16.5 Å². The molecule has 3 aromatic rings. The largest absolute Gasteiger partial charge is 0.497 e. The van der Waals surface area contributed by atoms with Gasteiger partial charge in [-0.15, -0.1) is 0 Å². The van der Waals surface area contributed by atoms with E-state index in [2.05, 4.69) is 0 Å². The van der Waals surface area contributed by atoms with Crippen LogP contribution in [0, 0.1) is 0 Å². The van der Waals surface area contributed by atoms with Crippen molar-refractivity contribution in [1.82, 2.24) is 4.57 Å². The number of nitrogens with zero attached hydrogens (tertiary/aromatic N) is 1. The Morgan fingerprint density at radius 3 is 2.48 bits per heavy atom. The third-order valence-corrected chi connectivity index (χ3v) is 4.16. The summed E-state index contributed by atoms with van der Waals surface area (Å²) in [5.74, 6) is 0.315. The molecule has 0 fully saturated rings. The van der Waals surface area contributed by atoms with Crippen LogP contribution >= 0.6 is 0 Å². The van der Waals surface area contributed by atoms with Crippen LogP contribution < -0.4 is 4.74 Å². The molecule has 0 aliphatic rings. The summed E-state index contributed by atoms with van der Waals surface area (Å²) in [7, 11) is 2.97. The average Bonchev–Trinajstić information content (AvgIpc) is 3.03. The topological polar surface area (TPSA) is 57.5 Å². The zero-order valence-corrected chi connectivity index (χ0v) is 14.2. The molecule has 2 aromatic carbocycles. The molecule has 5 heteroatoms. The Balaban J connectivity index is 2.06. The van der Waals surface area contributed by atoms with Gasteiger partial charge in [-0.3, -0.25) is 14.2 Å². The molecule has 3 rings (SSSR count). The van der Waals surface area contributed by atoms with E-state index in [1.807, 2.05) is 36.4 Å². The smallest absolute Gasteiger partial charge is 0.305 e. The molecule has 0 unspecified atom stereocenters. The maximum Gasteiger partial charge on any atom is 0.305 e. The van der Waals surface area contributed by atoms with Gasteiger partial charge in [0.25, 0.3) is 5.91 Å². The lowest BCUT2D eigenvalue weighted by molar-refractivity contribution is -0.140. The maximum atomic E-state index is 12.9. The molecule has 0 bridgehead atoms. The van der Waals surface area contributed by atoms with Crippen LogP contribution in [-0.2, 0) is 16.0 Å². The van der Waals surface area contributed by atoms with E-state index in [1.54, 1.807) is 30.0 Å². The number of esters is 1. The molecule has 0 radical (unpaired) electrons. The summed E-state index contributed by atoms with van der Waals surface area (Å²) in [6.07, 6.45) is 2.54. The average molecular weight is 337 g/mol. The van der Waals surface area contributed by atoms with Crippen LogP contribution in [0.2, 0.25) is 0 Å². The van der Waals surface area contributed by atoms with Crippen LogP contribution in [-0.4, -0.2) is 30.7 Å². The molecule has 0 spiro atoms. The molecule has 25 heavy (non-hydrogen) atoms. The van der Waals surface area contributed by atoms with E-state index in [4.69, 9.17) is 9.47 Å². The Hall–Kier alpha value is -3.08. The summed E-state index contributed by atoms with van der Waals surface area (Å²) >= 11 is 0. The Labute approximate surface area is 145 Å². The van der Waals surface area contributed by atoms with E-state index in [9.17, 15) is 9.59 Å². The molecular formula is C20H19NO4. The van der Waals surface area contributed by atoms with Crippen molar-refractivity contribution in [1.29, 1.82) is 0 Å². The summed E-state index contributed by atoms with van der Waals surface area (Å²) in [6.45, 7) is 0. The van der Waals surface area contributed by atoms with Gasteiger partial charge < -0.3 is 9.47 Å². The number of ether oxygens (including phenoxy) is 2. The molecule has 0 aliphatic carbocycles. The molecule has 1 heterocycles. The minimum atomic E-state index is -0.279. The molecule has 1 aromatic heterocycles. The van der Waals surface area contributed by atoms with Crippen molar-refractivity contribution in [2.75, 3.05) is 14.2 Å². The van der Waals surface area contributed by atoms with Crippen molar-refractivity contribution in [3.63, 3.8) is 0 Å². The highest BCUT2D eigenvalue weighted by Crippen LogP contribution is 2.27. The van der Waals surface area contributed by atoms with Crippen molar-refractivity contribution in [2.45, 2.75) is 12.8 Å². The van der Waals surface area contributed by atoms with Crippen LogP contribution in [0.4, 0.5) is 0 Å². The van der Waals surface area contributed by atoms with Crippen LogP contribution in [0.15, 0.2) is 54.7 Å². The van der Waals surface area contributed by atoms with Crippen molar-refractivity contribution in [3.8, 4) is 5.75 Å². The number of carbonyl (C=O) groups is 2. The monoisotopic (exact) mass is 337 g/mol. The van der Waals surface area contributed by atoms with Gasteiger partial charge in [0, 0.05) is 23.6 Å². The quantitative estimate of drug-likeness (QED) is 0.669. The Morgan fingerprint density at radius 1 is 1.04 bits per heavy atom. The van der Waals surface area contributed by atoms with Crippen molar-refractivity contribution in [3.05, 3.63) is 65.9 Å². The number of benzene rings is 2. The SMILES string of the molecule is COC(=O)CCc1cn(C(=O)c2ccccc2)c2ccc(OC)cc12. The zero-order valence-electron chi connectivity index (χ0n) is 14.2. The standard InChI is InChI=1S/C20H19NO4/c1-24-16-9-10-18-17(12-16)15(8-11-19(22)25-2)13-21(18)20(23)14-6-4-3-5-7-14/h3-7,9-10,12-13H,8,11H2,1-2H3. The lowest BCUT2D eigenvalue weighted by Crippen LogP contribution is -2.10. The number of aryl methyl sites for hydroxylation is 1. The lowest BCUT2D eigenvalue weighted by atomic mass is 10.1. The lowest BCUT2D eigenvalue weighted by Gasteiger charge is -2.05. The number of fused-ring (bicyclic) bond motifs is 1. The minimum absolute atomic E-state index is 0.111. The van der Waals surface area contributed by atoms with Crippen LogP contribution in [0.5, 0.6) is 5.75 Å². The predicted octanol–water partition coefficient (Wildman–Crippen LogP) is 3.44. The molecule has 0 aliphatic heterocycles. The second kappa shape index (κ2) is 7.21. The molecule has 0 amide bonds. The Morgan fingerprint density at radius 2 is 1.80 bits per heavy atom. The van der Waals surface area contributed by atoms with Gasteiger partial charge in [0.05, 0.1) is 19.7 Å². The normalized spacial score (nSPS) is 10.6. The summed E-state index contributed by atoms with van der Waals surface area (Å²) in [4.78, 5) is 24.3. The van der Waals surface area contributed by atoms with Gasteiger partial charge in [0.2, 0.25) is 0 Å². The maximum absolute atomic E-state index is 12.9. The van der Waals surface area contributed by atoms with Gasteiger partial charge in [-0.05, 0) is 42.3 Å². The number of hydrogen-bond acceptors (Lipinski definition) is 4. The van der Waals surface area contributed by atoms with Crippen molar-refractivity contribution < 1.29 is 19.1 Å². The highest BCUT2D eigenvalue weighted by atomic mass is 16.5. The fourth-order valence-electron chi connectivity index (χ4n) is 2.83. The summed E-state index contributed by atoms with van der Waals surface area (Å²) in [6, 6.07) is 14.7. The summed E-state index contributed by atoms with van der Waals surface area (Å²) < 4.78 is 11.6. The first kappa shape index (κ1) is 16.8. The molecule has 0 saturated heterocycles. The third kappa shape index (κ3) is 3.40. The van der Waals surface area contributed by atoms with Gasteiger partial charge in [-0.25, -0.2) is 0 Å². The van der Waals surface area contributed by atoms with Gasteiger partial charge in [-0.2, -0.15) is 0 Å². The molecule has 0 atom stereocenters. The van der Waals surface area contributed by atoms with Crippen molar-refractivity contribution >= 4 is 22.8 Å². The first-order valence-corrected chi connectivity index (χ1v) is 7.98. The number of methoxy groups -OCH3 is 2. The minimum Gasteiger partial charge on any atom is -0.497 e. The number of rotatable bonds is 5. The highest BCUT2D eigenvalue weighted by Gasteiger charge is 2.16. The Bertz CT molecular complexity index is 912. The molecular weight excluding hydrogens is 318 g/mol. The van der Waals surface area contributed by atoms with E-state index < -0.39 is 0 Å². The number of hydrogen-bond donors (Lipinski definition) is 0. The molecule has 0 saturated carbocycles. The first-order valence-electron chi connectivity index (χ1n) is 7.98. The van der Waals surface area contributed by atoms with E-state index in [1.165, 1.54) is 7.11 Å². The van der Waals surface area contributed by atoms with E-state index >= 15 is 0 Å². The second-order valence-electron chi connectivity index (χ2n) is 5.65. The fourth-order valence-corrected chi connectivity index (χ4v) is 2.83. The predicted molar refractivity (Wildman–Crippen MR) is 95.0 cm³/mol. The molecule has 128 valence electrons. The van der Waals surface area contributed by atoms with E-state index in [0.29, 0.717) is 17.7 Å².